The fraction of sp³-hybridized carbons (Fsp3) is 0.200. The Bertz CT molecular complexity index is 246. The first-order chi connectivity index (χ1) is 4.74. The number of nitrogens with zero attached hydrogens (tertiary/aromatic N) is 1. The van der Waals surface area contributed by atoms with Crippen molar-refractivity contribution in [3.63, 3.8) is 0 Å². The molecule has 1 aromatic heterocycles. The molecule has 1 heterocycles. The van der Waals surface area contributed by atoms with Gasteiger partial charge in [0.15, 0.2) is 0 Å². The molecule has 0 aliphatic heterocycles. The van der Waals surface area contributed by atoms with Crippen LogP contribution >= 0.6 is 11.3 Å². The van der Waals surface area contributed by atoms with Crippen molar-refractivity contribution in [2.45, 2.75) is 0 Å². The number of hydrogen-bond donors (Lipinski definition) is 1. The quantitative estimate of drug-likeness (QED) is 0.526. The molecule has 0 bridgehead atoms. The summed E-state index contributed by atoms with van der Waals surface area (Å²) in [5.74, 6) is 0. The Morgan fingerprint density at radius 3 is 2.70 bits per heavy atom. The van der Waals surface area contributed by atoms with Gasteiger partial charge in [0.05, 0.1) is 9.92 Å². The first kappa shape index (κ1) is 7.01. The maximum atomic E-state index is 10.1. The fourth-order valence-electron chi connectivity index (χ4n) is 0.560. The minimum absolute atomic E-state index is 0.171. The molecule has 0 saturated carbocycles. The van der Waals surface area contributed by atoms with Crippen LogP contribution < -0.4 is 5.32 Å². The first-order valence-electron chi connectivity index (χ1n) is 2.66. The lowest BCUT2D eigenvalue weighted by molar-refractivity contribution is -0.380. The van der Waals surface area contributed by atoms with Crippen LogP contribution in [0.4, 0.5) is 10.0 Å². The van der Waals surface area contributed by atoms with Crippen LogP contribution in [0.5, 0.6) is 0 Å². The lowest BCUT2D eigenvalue weighted by Crippen LogP contribution is -1.81. The van der Waals surface area contributed by atoms with Crippen LogP contribution in [0.2, 0.25) is 0 Å². The molecule has 54 valence electrons. The lowest BCUT2D eigenvalue weighted by atomic mass is 10.6. The van der Waals surface area contributed by atoms with Crippen molar-refractivity contribution >= 4 is 21.3 Å². The van der Waals surface area contributed by atoms with Crippen LogP contribution in [0.15, 0.2) is 12.1 Å². The lowest BCUT2D eigenvalue weighted by Gasteiger charge is -1.86. The van der Waals surface area contributed by atoms with Crippen molar-refractivity contribution < 1.29 is 4.92 Å². The molecule has 1 aromatic rings. The summed E-state index contributed by atoms with van der Waals surface area (Å²) in [5, 5.41) is 13.9. The summed E-state index contributed by atoms with van der Waals surface area (Å²) in [6, 6.07) is 3.17. The number of hydrogen-bond acceptors (Lipinski definition) is 4. The van der Waals surface area contributed by atoms with E-state index in [1.54, 1.807) is 13.1 Å². The summed E-state index contributed by atoms with van der Waals surface area (Å²) in [5.41, 5.74) is 0. The van der Waals surface area contributed by atoms with E-state index in [0.717, 1.165) is 16.3 Å². The third-order valence-electron chi connectivity index (χ3n) is 1.02. The van der Waals surface area contributed by atoms with Crippen LogP contribution in [0, 0.1) is 10.1 Å². The Kier molecular flexibility index (Phi) is 1.86. The largest absolute Gasteiger partial charge is 0.380 e. The van der Waals surface area contributed by atoms with Gasteiger partial charge < -0.3 is 5.32 Å². The number of nitro groups is 1. The third-order valence-corrected chi connectivity index (χ3v) is 2.07. The molecule has 0 saturated heterocycles. The predicted octanol–water partition coefficient (Wildman–Crippen LogP) is 1.70. The van der Waals surface area contributed by atoms with Crippen molar-refractivity contribution in [3.05, 3.63) is 22.2 Å². The highest BCUT2D eigenvalue weighted by Crippen LogP contribution is 2.27. The second kappa shape index (κ2) is 2.66. The molecule has 0 radical (unpaired) electrons. The van der Waals surface area contributed by atoms with Crippen molar-refractivity contribution in [3.8, 4) is 0 Å². The van der Waals surface area contributed by atoms with Crippen LogP contribution in [-0.2, 0) is 0 Å². The van der Waals surface area contributed by atoms with Crippen LogP contribution in [0.3, 0.4) is 0 Å². The molecule has 0 aromatic carbocycles. The Morgan fingerprint density at radius 1 is 1.70 bits per heavy atom. The molecule has 1 rings (SSSR count). The Balaban J connectivity index is 2.88. The zero-order valence-electron chi connectivity index (χ0n) is 5.33. The van der Waals surface area contributed by atoms with Gasteiger partial charge in [-0.15, -0.1) is 0 Å². The minimum atomic E-state index is -0.397. The van der Waals surface area contributed by atoms with E-state index in [2.05, 4.69) is 5.32 Å². The molecule has 0 spiro atoms. The van der Waals surface area contributed by atoms with E-state index in [9.17, 15) is 10.1 Å². The monoisotopic (exact) mass is 158 g/mol. The third kappa shape index (κ3) is 1.24. The van der Waals surface area contributed by atoms with Crippen molar-refractivity contribution in [1.29, 1.82) is 0 Å². The molecule has 0 aliphatic carbocycles. The topological polar surface area (TPSA) is 55.2 Å². The second-order valence-electron chi connectivity index (χ2n) is 1.64. The van der Waals surface area contributed by atoms with E-state index < -0.39 is 4.92 Å². The molecule has 4 nitrogen and oxygen atoms in total. The molecular weight excluding hydrogens is 152 g/mol. The smallest absolute Gasteiger partial charge is 0.326 e. The van der Waals surface area contributed by atoms with Gasteiger partial charge in [0.1, 0.15) is 0 Å². The van der Waals surface area contributed by atoms with Gasteiger partial charge in [-0.25, -0.2) is 0 Å². The van der Waals surface area contributed by atoms with E-state index in [1.165, 1.54) is 6.07 Å². The van der Waals surface area contributed by atoms with Gasteiger partial charge in [-0.3, -0.25) is 10.1 Å². The van der Waals surface area contributed by atoms with Crippen molar-refractivity contribution in [2.24, 2.45) is 0 Å². The normalized spacial score (nSPS) is 9.30. The average molecular weight is 158 g/mol. The maximum absolute atomic E-state index is 10.1. The van der Waals surface area contributed by atoms with E-state index >= 15 is 0 Å². The van der Waals surface area contributed by atoms with Crippen LogP contribution in [-0.4, -0.2) is 12.0 Å². The minimum Gasteiger partial charge on any atom is -0.380 e. The summed E-state index contributed by atoms with van der Waals surface area (Å²) in [6.45, 7) is 0. The van der Waals surface area contributed by atoms with Gasteiger partial charge in [0, 0.05) is 13.1 Å². The zero-order valence-corrected chi connectivity index (χ0v) is 6.14. The Labute approximate surface area is 61.6 Å². The highest BCUT2D eigenvalue weighted by Gasteiger charge is 2.07. The average Bonchev–Trinajstić information content (AvgIpc) is 2.34. The molecule has 0 atom stereocenters. The highest BCUT2D eigenvalue weighted by atomic mass is 32.1. The summed E-state index contributed by atoms with van der Waals surface area (Å²) < 4.78 is 0. The van der Waals surface area contributed by atoms with Gasteiger partial charge in [0.25, 0.3) is 0 Å². The maximum Gasteiger partial charge on any atom is 0.326 e. The summed E-state index contributed by atoms with van der Waals surface area (Å²) in [6.07, 6.45) is 0. The zero-order chi connectivity index (χ0) is 7.56. The molecule has 0 fully saturated rings. The fourth-order valence-corrected chi connectivity index (χ4v) is 1.23. The molecule has 1 N–H and O–H groups in total. The van der Waals surface area contributed by atoms with Crippen LogP contribution in [0.1, 0.15) is 0 Å². The van der Waals surface area contributed by atoms with Crippen molar-refractivity contribution in [1.82, 2.24) is 0 Å². The van der Waals surface area contributed by atoms with E-state index in [0.29, 0.717) is 0 Å². The van der Waals surface area contributed by atoms with Gasteiger partial charge in [-0.05, 0) is 17.4 Å². The highest BCUT2D eigenvalue weighted by molar-refractivity contribution is 7.19. The SMILES string of the molecule is CNc1ccc([N+](=O)[O-])s1. The van der Waals surface area contributed by atoms with E-state index in [1.807, 2.05) is 0 Å². The van der Waals surface area contributed by atoms with E-state index in [-0.39, 0.29) is 5.00 Å². The Morgan fingerprint density at radius 2 is 2.40 bits per heavy atom. The van der Waals surface area contributed by atoms with Gasteiger partial charge in [-0.2, -0.15) is 0 Å². The molecule has 0 amide bonds. The summed E-state index contributed by atoms with van der Waals surface area (Å²) in [7, 11) is 1.73. The summed E-state index contributed by atoms with van der Waals surface area (Å²) >= 11 is 1.13. The number of rotatable bonds is 2. The van der Waals surface area contributed by atoms with E-state index in [4.69, 9.17) is 0 Å². The molecular formula is C5H6N2O2S. The van der Waals surface area contributed by atoms with Gasteiger partial charge in [-0.1, -0.05) is 0 Å². The second-order valence-corrected chi connectivity index (χ2v) is 2.71. The van der Waals surface area contributed by atoms with Gasteiger partial charge in [0.2, 0.25) is 0 Å². The number of anilines is 1. The van der Waals surface area contributed by atoms with Crippen molar-refractivity contribution in [2.75, 3.05) is 12.4 Å². The van der Waals surface area contributed by atoms with Gasteiger partial charge >= 0.3 is 5.00 Å². The summed E-state index contributed by atoms with van der Waals surface area (Å²) in [4.78, 5) is 9.72. The number of nitrogens with one attached hydrogen (secondary N) is 1. The number of thiophene rings is 1. The van der Waals surface area contributed by atoms with Crippen LogP contribution in [0.25, 0.3) is 0 Å². The first-order valence-corrected chi connectivity index (χ1v) is 3.47. The molecule has 0 unspecified atom stereocenters. The molecule has 0 aliphatic rings. The standard InChI is InChI=1S/C5H6N2O2S/c1-6-4-2-3-5(10-4)7(8)9/h2-3,6H,1H3. The Hall–Kier alpha value is -1.10. The predicted molar refractivity (Wildman–Crippen MR) is 40.5 cm³/mol. The molecule has 5 heteroatoms. The molecule has 10 heavy (non-hydrogen) atoms.